The van der Waals surface area contributed by atoms with E-state index in [-0.39, 0.29) is 26.2 Å². The maximum Gasteiger partial charge on any atom is 0 e. The monoisotopic (exact) mass is 296 g/mol. The van der Waals surface area contributed by atoms with E-state index in [1.54, 1.807) is 0 Å². The van der Waals surface area contributed by atoms with Gasteiger partial charge in [-0.15, -0.1) is 0 Å². The van der Waals surface area contributed by atoms with E-state index in [0.717, 1.165) is 6.42 Å². The smallest absolute Gasteiger partial charge is 0 e. The molecule has 0 atom stereocenters. The molecule has 0 bridgehead atoms. The van der Waals surface area contributed by atoms with E-state index in [1.807, 2.05) is 0 Å². The summed E-state index contributed by atoms with van der Waals surface area (Å²) < 4.78 is 0. The largest absolute Gasteiger partial charge is 0.0619 e. The molecule has 0 radical (unpaired) electrons. The maximum absolute atomic E-state index is 2.31. The van der Waals surface area contributed by atoms with Crippen LogP contribution < -0.4 is 0 Å². The van der Waals surface area contributed by atoms with Crippen LogP contribution >= 0.6 is 0 Å². The van der Waals surface area contributed by atoms with Crippen LogP contribution in [-0.4, -0.2) is 0 Å². The van der Waals surface area contributed by atoms with Crippen molar-refractivity contribution in [2.75, 3.05) is 0 Å². The summed E-state index contributed by atoms with van der Waals surface area (Å²) in [6.07, 6.45) is 3.37. The minimum atomic E-state index is 0. The van der Waals surface area contributed by atoms with E-state index in [2.05, 4.69) is 61.5 Å². The fourth-order valence-electron chi connectivity index (χ4n) is 2.23. The third-order valence-electron chi connectivity index (χ3n) is 3.19. The van der Waals surface area contributed by atoms with Gasteiger partial charge in [0, 0.05) is 26.2 Å². The second kappa shape index (κ2) is 5.14. The summed E-state index contributed by atoms with van der Waals surface area (Å²) in [5.74, 6) is 0. The van der Waals surface area contributed by atoms with Crippen molar-refractivity contribution < 1.29 is 26.2 Å². The van der Waals surface area contributed by atoms with E-state index in [1.165, 1.54) is 27.8 Å². The summed E-state index contributed by atoms with van der Waals surface area (Å²) in [7, 11) is 0. The van der Waals surface area contributed by atoms with Gasteiger partial charge in [-0.25, -0.2) is 0 Å². The molecule has 1 aliphatic carbocycles. The van der Waals surface area contributed by atoms with Gasteiger partial charge in [-0.2, -0.15) is 0 Å². The van der Waals surface area contributed by atoms with Crippen LogP contribution in [0.15, 0.2) is 48.5 Å². The summed E-state index contributed by atoms with van der Waals surface area (Å²) in [4.78, 5) is 0. The summed E-state index contributed by atoms with van der Waals surface area (Å²) in [5, 5.41) is 0. The number of hydrogen-bond donors (Lipinski definition) is 0. The molecule has 0 aliphatic heterocycles. The Labute approximate surface area is 122 Å². The Kier molecular flexibility index (Phi) is 3.79. The summed E-state index contributed by atoms with van der Waals surface area (Å²) in [6, 6.07) is 17.4. The average molecular weight is 298 g/mol. The zero-order chi connectivity index (χ0) is 11.0. The van der Waals surface area contributed by atoms with Gasteiger partial charge < -0.3 is 0 Å². The van der Waals surface area contributed by atoms with E-state index < -0.39 is 0 Å². The van der Waals surface area contributed by atoms with Gasteiger partial charge >= 0.3 is 0 Å². The van der Waals surface area contributed by atoms with Crippen molar-refractivity contribution in [3.8, 4) is 0 Å². The van der Waals surface area contributed by atoms with Crippen LogP contribution in [-0.2, 0) is 32.6 Å². The van der Waals surface area contributed by atoms with Gasteiger partial charge in [-0.3, -0.25) is 0 Å². The molecule has 0 aromatic heterocycles. The van der Waals surface area contributed by atoms with Crippen molar-refractivity contribution in [1.82, 2.24) is 0 Å². The van der Waals surface area contributed by atoms with Crippen molar-refractivity contribution >= 4 is 11.6 Å². The summed E-state index contributed by atoms with van der Waals surface area (Å²) in [6.45, 7) is 2.13. The number of allylic oxidation sites excluding steroid dienone is 1. The van der Waals surface area contributed by atoms with Crippen molar-refractivity contribution in [2.24, 2.45) is 0 Å². The molecule has 0 N–H and O–H groups in total. The van der Waals surface area contributed by atoms with Gasteiger partial charge in [0.1, 0.15) is 0 Å². The predicted molar refractivity (Wildman–Crippen MR) is 69.2 cm³/mol. The molecule has 1 heteroatoms. The second-order valence-electron chi connectivity index (χ2n) is 4.41. The van der Waals surface area contributed by atoms with Crippen molar-refractivity contribution in [3.05, 3.63) is 70.8 Å². The van der Waals surface area contributed by atoms with Crippen LogP contribution in [0.25, 0.3) is 11.6 Å². The molecule has 0 amide bonds. The minimum absolute atomic E-state index is 0. The first kappa shape index (κ1) is 12.5. The first-order valence-electron chi connectivity index (χ1n) is 5.68. The van der Waals surface area contributed by atoms with Crippen LogP contribution in [0.5, 0.6) is 0 Å². The molecule has 2 aromatic carbocycles. The Morgan fingerprint density at radius 3 is 2.29 bits per heavy atom. The van der Waals surface area contributed by atoms with Crippen molar-refractivity contribution in [3.63, 3.8) is 0 Å². The molecule has 2 aromatic rings. The van der Waals surface area contributed by atoms with Crippen LogP contribution in [0.4, 0.5) is 0 Å². The summed E-state index contributed by atoms with van der Waals surface area (Å²) >= 11 is 0. The molecule has 17 heavy (non-hydrogen) atoms. The number of fused-ring (bicyclic) bond motifs is 1. The second-order valence-corrected chi connectivity index (χ2v) is 4.41. The van der Waals surface area contributed by atoms with Gasteiger partial charge in [0.05, 0.1) is 0 Å². The SMILES string of the molecule is Cc1ccc(C2=Cc3ccccc3C2)cc1.[Zr]. The van der Waals surface area contributed by atoms with Crippen LogP contribution in [0.2, 0.25) is 0 Å². The number of rotatable bonds is 1. The number of benzene rings is 2. The Balaban J connectivity index is 0.00000108. The first-order chi connectivity index (χ1) is 7.83. The predicted octanol–water partition coefficient (Wildman–Crippen LogP) is 4.09. The van der Waals surface area contributed by atoms with E-state index in [9.17, 15) is 0 Å². The molecule has 82 valence electrons. The Hall–Kier alpha value is -0.937. The number of aryl methyl sites for hydroxylation is 1. The van der Waals surface area contributed by atoms with Gasteiger partial charge in [0.2, 0.25) is 0 Å². The molecular weight excluding hydrogens is 283 g/mol. The molecule has 0 saturated heterocycles. The topological polar surface area (TPSA) is 0 Å². The Morgan fingerprint density at radius 2 is 1.59 bits per heavy atom. The van der Waals surface area contributed by atoms with Gasteiger partial charge in [-0.05, 0) is 35.6 Å². The van der Waals surface area contributed by atoms with Crippen LogP contribution in [0.1, 0.15) is 22.3 Å². The molecule has 0 saturated carbocycles. The third kappa shape index (κ3) is 2.50. The maximum atomic E-state index is 2.31. The van der Waals surface area contributed by atoms with Crippen molar-refractivity contribution in [1.29, 1.82) is 0 Å². The standard InChI is InChI=1S/C16H14.Zr/c1-12-6-8-13(9-7-12)16-10-14-4-2-3-5-15(14)11-16;/h2-10H,11H2,1H3;. The first-order valence-corrected chi connectivity index (χ1v) is 5.68. The zero-order valence-corrected chi connectivity index (χ0v) is 12.4. The normalized spacial score (nSPS) is 12.6. The van der Waals surface area contributed by atoms with E-state index >= 15 is 0 Å². The Bertz CT molecular complexity index is 550. The average Bonchev–Trinajstić information content (AvgIpc) is 2.73. The van der Waals surface area contributed by atoms with E-state index in [4.69, 9.17) is 0 Å². The van der Waals surface area contributed by atoms with Gasteiger partial charge in [-0.1, -0.05) is 60.2 Å². The van der Waals surface area contributed by atoms with E-state index in [0.29, 0.717) is 0 Å². The molecule has 0 spiro atoms. The minimum Gasteiger partial charge on any atom is -0.0619 e. The molecular formula is C16H14Zr. The molecule has 0 unspecified atom stereocenters. The Morgan fingerprint density at radius 1 is 0.882 bits per heavy atom. The fourth-order valence-corrected chi connectivity index (χ4v) is 2.23. The molecule has 1 aliphatic rings. The molecule has 0 fully saturated rings. The summed E-state index contributed by atoms with van der Waals surface area (Å²) in [5.41, 5.74) is 6.92. The van der Waals surface area contributed by atoms with Crippen LogP contribution in [0.3, 0.4) is 0 Å². The molecule has 0 heterocycles. The third-order valence-corrected chi connectivity index (χ3v) is 3.19. The quantitative estimate of drug-likeness (QED) is 0.744. The van der Waals surface area contributed by atoms with Crippen molar-refractivity contribution in [2.45, 2.75) is 13.3 Å². The number of hydrogen-bond acceptors (Lipinski definition) is 0. The van der Waals surface area contributed by atoms with Crippen LogP contribution in [0, 0.1) is 6.92 Å². The molecule has 3 rings (SSSR count). The zero-order valence-electron chi connectivity index (χ0n) is 9.90. The van der Waals surface area contributed by atoms with Gasteiger partial charge in [0.25, 0.3) is 0 Å². The fraction of sp³-hybridized carbons (Fsp3) is 0.125. The molecule has 0 nitrogen and oxygen atoms in total. The van der Waals surface area contributed by atoms with Gasteiger partial charge in [0.15, 0.2) is 0 Å².